The molecule has 0 radical (unpaired) electrons. The molecule has 1 aromatic carbocycles. The molecule has 1 N–H and O–H groups in total. The minimum Gasteiger partial charge on any atom is -0.444 e. The first kappa shape index (κ1) is 24.0. The zero-order valence-electron chi connectivity index (χ0n) is 20.1. The highest BCUT2D eigenvalue weighted by Crippen LogP contribution is 2.38. The van der Waals surface area contributed by atoms with E-state index in [2.05, 4.69) is 10.3 Å². The van der Waals surface area contributed by atoms with Crippen LogP contribution in [0.15, 0.2) is 34.8 Å². The van der Waals surface area contributed by atoms with Crippen molar-refractivity contribution < 1.29 is 18.8 Å². The maximum Gasteiger partial charge on any atom is 0.492 e. The van der Waals surface area contributed by atoms with Gasteiger partial charge in [-0.05, 0) is 71.6 Å². The summed E-state index contributed by atoms with van der Waals surface area (Å²) in [7, 11) is 1.00. The van der Waals surface area contributed by atoms with Gasteiger partial charge in [0.15, 0.2) is 0 Å². The van der Waals surface area contributed by atoms with Crippen LogP contribution in [0.4, 0.5) is 4.79 Å². The maximum atomic E-state index is 12.5. The Morgan fingerprint density at radius 3 is 2.44 bits per heavy atom. The number of fused-ring (bicyclic) bond motifs is 1. The molecule has 0 aliphatic carbocycles. The average Bonchev–Trinajstić information content (AvgIpc) is 2.88. The van der Waals surface area contributed by atoms with Crippen LogP contribution < -0.4 is 10.9 Å². The summed E-state index contributed by atoms with van der Waals surface area (Å²) in [6.07, 6.45) is 2.84. The Kier molecular flexibility index (Phi) is 6.28. The predicted molar refractivity (Wildman–Crippen MR) is 125 cm³/mol. The Hall–Kier alpha value is -2.65. The van der Waals surface area contributed by atoms with Crippen LogP contribution in [0.25, 0.3) is 17.0 Å². The van der Waals surface area contributed by atoms with E-state index in [4.69, 9.17) is 14.0 Å². The van der Waals surface area contributed by atoms with Gasteiger partial charge in [-0.15, -0.1) is 0 Å². The minimum atomic E-state index is -0.664. The largest absolute Gasteiger partial charge is 0.492 e. The fourth-order valence-electron chi connectivity index (χ4n) is 3.22. The second kappa shape index (κ2) is 8.37. The molecule has 2 aromatic rings. The van der Waals surface area contributed by atoms with Crippen molar-refractivity contribution in [1.82, 2.24) is 14.9 Å². The van der Waals surface area contributed by atoms with E-state index in [0.29, 0.717) is 16.4 Å². The Morgan fingerprint density at radius 1 is 1.22 bits per heavy atom. The van der Waals surface area contributed by atoms with Crippen LogP contribution in [0, 0.1) is 0 Å². The number of benzene rings is 1. The number of nitrogens with zero attached hydrogens (tertiary/aromatic N) is 2. The van der Waals surface area contributed by atoms with E-state index in [9.17, 15) is 9.59 Å². The smallest absolute Gasteiger partial charge is 0.444 e. The Balaban J connectivity index is 1.96. The highest BCUT2D eigenvalue weighted by Gasteiger charge is 2.52. The van der Waals surface area contributed by atoms with Crippen molar-refractivity contribution in [2.45, 2.75) is 65.3 Å². The first-order chi connectivity index (χ1) is 14.7. The lowest BCUT2D eigenvalue weighted by atomic mass is 9.77. The van der Waals surface area contributed by atoms with Gasteiger partial charge in [-0.2, -0.15) is 0 Å². The maximum absolute atomic E-state index is 12.5. The summed E-state index contributed by atoms with van der Waals surface area (Å²) in [5.41, 5.74) is 0.290. The number of hydrogen-bond donors (Lipinski definition) is 1. The summed E-state index contributed by atoms with van der Waals surface area (Å²) in [6.45, 7) is 13.5. The predicted octanol–water partition coefficient (Wildman–Crippen LogP) is 3.47. The fourth-order valence-corrected chi connectivity index (χ4v) is 3.22. The molecular formula is C23H32BN3O5. The molecule has 1 aromatic heterocycles. The molecule has 9 heteroatoms. The third kappa shape index (κ3) is 5.22. The molecule has 8 nitrogen and oxygen atoms in total. The number of aromatic nitrogens is 2. The number of carbonyl (C=O) groups excluding carboxylic acids is 1. The molecule has 32 heavy (non-hydrogen) atoms. The summed E-state index contributed by atoms with van der Waals surface area (Å²) < 4.78 is 19.2. The molecule has 1 amide bonds. The number of rotatable bonds is 4. The summed E-state index contributed by atoms with van der Waals surface area (Å²) in [5.74, 6) is 0. The van der Waals surface area contributed by atoms with Crippen LogP contribution in [0.2, 0.25) is 0 Å². The second-order valence-electron chi connectivity index (χ2n) is 10.1. The molecule has 0 spiro atoms. The molecule has 0 unspecified atom stereocenters. The van der Waals surface area contributed by atoms with Crippen LogP contribution in [0.5, 0.6) is 0 Å². The van der Waals surface area contributed by atoms with Gasteiger partial charge in [-0.25, -0.2) is 9.78 Å². The normalized spacial score (nSPS) is 18.1. The van der Waals surface area contributed by atoms with E-state index >= 15 is 0 Å². The quantitative estimate of drug-likeness (QED) is 0.731. The van der Waals surface area contributed by atoms with Crippen molar-refractivity contribution >= 4 is 30.2 Å². The lowest BCUT2D eigenvalue weighted by molar-refractivity contribution is 0.00578. The van der Waals surface area contributed by atoms with Crippen molar-refractivity contribution in [3.05, 3.63) is 45.9 Å². The molecule has 0 bridgehead atoms. The van der Waals surface area contributed by atoms with Gasteiger partial charge in [-0.1, -0.05) is 12.1 Å². The van der Waals surface area contributed by atoms with Crippen molar-refractivity contribution in [1.29, 1.82) is 0 Å². The van der Waals surface area contributed by atoms with Crippen molar-refractivity contribution in [3.8, 4) is 0 Å². The van der Waals surface area contributed by atoms with Crippen LogP contribution in [-0.4, -0.2) is 46.1 Å². The van der Waals surface area contributed by atoms with E-state index in [1.54, 1.807) is 40.0 Å². The standard InChI is InChI=1S/C23H32BN3O5/c1-21(2,3)30-20(29)25-13-16(24-31-22(4,5)23(6,7)32-24)11-15-9-10-18-17(12-15)19(28)27(8)14-26-18/h9-12,14H,13H2,1-8H3,(H,25,29). The SMILES string of the molecule is Cn1cnc2ccc(C=C(CNC(=O)OC(C)(C)C)B3OC(C)(C)C(C)(C)O3)cc2c1=O. The molecule has 1 aliphatic heterocycles. The number of amides is 1. The Bertz CT molecular complexity index is 1100. The van der Waals surface area contributed by atoms with Gasteiger partial charge in [0.1, 0.15) is 5.60 Å². The average molecular weight is 441 g/mol. The van der Waals surface area contributed by atoms with E-state index < -0.39 is 30.0 Å². The van der Waals surface area contributed by atoms with Crippen LogP contribution in [0.3, 0.4) is 0 Å². The molecule has 3 rings (SSSR count). The minimum absolute atomic E-state index is 0.130. The lowest BCUT2D eigenvalue weighted by Crippen LogP contribution is -2.41. The molecule has 2 heterocycles. The van der Waals surface area contributed by atoms with Gasteiger partial charge < -0.3 is 23.9 Å². The lowest BCUT2D eigenvalue weighted by Gasteiger charge is -2.32. The van der Waals surface area contributed by atoms with Gasteiger partial charge in [0, 0.05) is 13.6 Å². The monoisotopic (exact) mass is 441 g/mol. The number of ether oxygens (including phenoxy) is 1. The Labute approximate surface area is 189 Å². The van der Waals surface area contributed by atoms with E-state index in [1.165, 1.54) is 10.9 Å². The third-order valence-corrected chi connectivity index (χ3v) is 5.69. The molecule has 1 saturated heterocycles. The van der Waals surface area contributed by atoms with E-state index in [1.807, 2.05) is 39.8 Å². The van der Waals surface area contributed by atoms with Gasteiger partial charge in [0.05, 0.1) is 28.4 Å². The van der Waals surface area contributed by atoms with Gasteiger partial charge in [0.2, 0.25) is 0 Å². The molecule has 1 fully saturated rings. The summed E-state index contributed by atoms with van der Waals surface area (Å²) in [6, 6.07) is 5.45. The van der Waals surface area contributed by atoms with Crippen LogP contribution in [-0.2, 0) is 21.1 Å². The van der Waals surface area contributed by atoms with Gasteiger partial charge in [0.25, 0.3) is 5.56 Å². The number of nitrogens with one attached hydrogen (secondary N) is 1. The first-order valence-corrected chi connectivity index (χ1v) is 10.7. The molecular weight excluding hydrogens is 409 g/mol. The van der Waals surface area contributed by atoms with Gasteiger partial charge >= 0.3 is 13.2 Å². The molecule has 0 atom stereocenters. The highest BCUT2D eigenvalue weighted by atomic mass is 16.7. The summed E-state index contributed by atoms with van der Waals surface area (Å²) >= 11 is 0. The van der Waals surface area contributed by atoms with Crippen LogP contribution >= 0.6 is 0 Å². The highest BCUT2D eigenvalue weighted by molar-refractivity contribution is 6.56. The molecule has 1 aliphatic rings. The zero-order valence-corrected chi connectivity index (χ0v) is 20.1. The summed E-state index contributed by atoms with van der Waals surface area (Å²) in [4.78, 5) is 29.1. The zero-order chi connectivity index (χ0) is 23.9. The molecule has 172 valence electrons. The van der Waals surface area contributed by atoms with E-state index in [0.717, 1.165) is 5.56 Å². The Morgan fingerprint density at radius 2 is 1.84 bits per heavy atom. The van der Waals surface area contributed by atoms with Crippen molar-refractivity contribution in [3.63, 3.8) is 0 Å². The van der Waals surface area contributed by atoms with E-state index in [-0.39, 0.29) is 12.1 Å². The van der Waals surface area contributed by atoms with Crippen molar-refractivity contribution in [2.24, 2.45) is 7.05 Å². The number of alkyl carbamates (subject to hydrolysis) is 1. The first-order valence-electron chi connectivity index (χ1n) is 10.7. The number of hydrogen-bond acceptors (Lipinski definition) is 6. The van der Waals surface area contributed by atoms with Crippen LogP contribution in [0.1, 0.15) is 54.0 Å². The number of carbonyl (C=O) groups is 1. The topological polar surface area (TPSA) is 91.7 Å². The molecule has 0 saturated carbocycles. The number of aryl methyl sites for hydroxylation is 1. The third-order valence-electron chi connectivity index (χ3n) is 5.69. The van der Waals surface area contributed by atoms with Crippen molar-refractivity contribution in [2.75, 3.05) is 6.54 Å². The second-order valence-corrected chi connectivity index (χ2v) is 10.1. The van der Waals surface area contributed by atoms with Gasteiger partial charge in [-0.3, -0.25) is 4.79 Å². The summed E-state index contributed by atoms with van der Waals surface area (Å²) in [5, 5.41) is 3.29. The fraction of sp³-hybridized carbons (Fsp3) is 0.522.